The maximum Gasteiger partial charge on any atom is 0.146 e. The van der Waals surface area contributed by atoms with Crippen molar-refractivity contribution in [3.63, 3.8) is 0 Å². The zero-order valence-corrected chi connectivity index (χ0v) is 13.2. The van der Waals surface area contributed by atoms with Crippen LogP contribution < -0.4 is 10.6 Å². The normalized spacial score (nSPS) is 12.2. The number of anilines is 2. The molecule has 108 valence electrons. The Morgan fingerprint density at radius 2 is 1.95 bits per heavy atom. The number of ether oxygens (including phenoxy) is 2. The molecule has 0 saturated carbocycles. The lowest BCUT2D eigenvalue weighted by atomic mass is 10.3. The minimum Gasteiger partial charge on any atom is -0.382 e. The van der Waals surface area contributed by atoms with Crippen molar-refractivity contribution in [1.29, 1.82) is 0 Å². The van der Waals surface area contributed by atoms with Gasteiger partial charge in [0.15, 0.2) is 0 Å². The molecule has 0 aliphatic rings. The fourth-order valence-corrected chi connectivity index (χ4v) is 1.95. The monoisotopic (exact) mass is 332 g/mol. The van der Waals surface area contributed by atoms with Crippen LogP contribution in [0, 0.1) is 0 Å². The number of hydrogen-bond donors (Lipinski definition) is 2. The zero-order chi connectivity index (χ0) is 14.1. The van der Waals surface area contributed by atoms with E-state index in [1.165, 1.54) is 6.33 Å². The van der Waals surface area contributed by atoms with Gasteiger partial charge >= 0.3 is 0 Å². The highest BCUT2D eigenvalue weighted by Gasteiger charge is 2.11. The summed E-state index contributed by atoms with van der Waals surface area (Å²) in [6.45, 7) is 4.13. The first-order chi connectivity index (χ1) is 9.22. The van der Waals surface area contributed by atoms with Crippen molar-refractivity contribution in [2.75, 3.05) is 44.5 Å². The SMILES string of the molecule is CCCNc1ncnc(NCC(COC)OC)c1Br. The van der Waals surface area contributed by atoms with Crippen molar-refractivity contribution in [2.24, 2.45) is 0 Å². The largest absolute Gasteiger partial charge is 0.382 e. The molecule has 19 heavy (non-hydrogen) atoms. The van der Waals surface area contributed by atoms with E-state index in [1.807, 2.05) is 0 Å². The van der Waals surface area contributed by atoms with Crippen LogP contribution in [0.15, 0.2) is 10.8 Å². The molecule has 1 aromatic heterocycles. The predicted octanol–water partition coefficient (Wildman–Crippen LogP) is 2.13. The molecule has 6 nitrogen and oxygen atoms in total. The Bertz CT molecular complexity index is 379. The third-order valence-electron chi connectivity index (χ3n) is 2.51. The number of methoxy groups -OCH3 is 2. The minimum atomic E-state index is -0.0149. The van der Waals surface area contributed by atoms with Crippen molar-refractivity contribution in [3.8, 4) is 0 Å². The number of nitrogens with one attached hydrogen (secondary N) is 2. The van der Waals surface area contributed by atoms with Crippen LogP contribution in [0.4, 0.5) is 11.6 Å². The molecule has 1 rings (SSSR count). The first kappa shape index (κ1) is 16.1. The summed E-state index contributed by atoms with van der Waals surface area (Å²) in [4.78, 5) is 8.40. The van der Waals surface area contributed by atoms with Crippen LogP contribution in [-0.2, 0) is 9.47 Å². The Morgan fingerprint density at radius 3 is 2.53 bits per heavy atom. The molecule has 0 amide bonds. The lowest BCUT2D eigenvalue weighted by molar-refractivity contribution is 0.0365. The molecule has 0 aliphatic heterocycles. The second-order valence-corrected chi connectivity index (χ2v) is 4.80. The van der Waals surface area contributed by atoms with Gasteiger partial charge in [-0.1, -0.05) is 6.92 Å². The topological polar surface area (TPSA) is 68.3 Å². The summed E-state index contributed by atoms with van der Waals surface area (Å²) in [7, 11) is 3.31. The summed E-state index contributed by atoms with van der Waals surface area (Å²) in [5, 5.41) is 6.46. The van der Waals surface area contributed by atoms with Gasteiger partial charge in [0.1, 0.15) is 22.4 Å². The van der Waals surface area contributed by atoms with Gasteiger partial charge in [0, 0.05) is 27.3 Å². The summed E-state index contributed by atoms with van der Waals surface area (Å²) in [5.74, 6) is 1.53. The molecule has 1 heterocycles. The van der Waals surface area contributed by atoms with Crippen LogP contribution in [-0.4, -0.2) is 50.0 Å². The number of nitrogens with zero attached hydrogens (tertiary/aromatic N) is 2. The minimum absolute atomic E-state index is 0.0149. The smallest absolute Gasteiger partial charge is 0.146 e. The third-order valence-corrected chi connectivity index (χ3v) is 3.27. The summed E-state index contributed by atoms with van der Waals surface area (Å²) in [6.07, 6.45) is 2.56. The standard InChI is InChI=1S/C12H21BrN4O2/c1-4-5-14-11-10(13)12(17-8-16-11)15-6-9(19-3)7-18-2/h8-9H,4-7H2,1-3H3,(H2,14,15,16,17). The van der Waals surface area contributed by atoms with Crippen LogP contribution in [0.25, 0.3) is 0 Å². The first-order valence-electron chi connectivity index (χ1n) is 6.22. The Morgan fingerprint density at radius 1 is 1.26 bits per heavy atom. The van der Waals surface area contributed by atoms with Gasteiger partial charge in [0.2, 0.25) is 0 Å². The molecule has 1 aromatic rings. The second-order valence-electron chi connectivity index (χ2n) is 4.01. The van der Waals surface area contributed by atoms with E-state index in [0.717, 1.165) is 29.1 Å². The van der Waals surface area contributed by atoms with Crippen LogP contribution >= 0.6 is 15.9 Å². The fraction of sp³-hybridized carbons (Fsp3) is 0.667. The van der Waals surface area contributed by atoms with E-state index in [2.05, 4.69) is 43.5 Å². The predicted molar refractivity (Wildman–Crippen MR) is 79.7 cm³/mol. The van der Waals surface area contributed by atoms with Gasteiger partial charge < -0.3 is 20.1 Å². The summed E-state index contributed by atoms with van der Waals surface area (Å²) in [6, 6.07) is 0. The van der Waals surface area contributed by atoms with Gasteiger partial charge in [-0.15, -0.1) is 0 Å². The van der Waals surface area contributed by atoms with Crippen molar-refractivity contribution >= 4 is 27.6 Å². The van der Waals surface area contributed by atoms with E-state index in [4.69, 9.17) is 9.47 Å². The number of hydrogen-bond acceptors (Lipinski definition) is 6. The van der Waals surface area contributed by atoms with Crippen molar-refractivity contribution < 1.29 is 9.47 Å². The Balaban J connectivity index is 2.62. The second kappa shape index (κ2) is 9.06. The molecule has 0 aliphatic carbocycles. The van der Waals surface area contributed by atoms with E-state index in [1.54, 1.807) is 14.2 Å². The molecule has 0 radical (unpaired) electrons. The lowest BCUT2D eigenvalue weighted by Gasteiger charge is -2.16. The molecule has 7 heteroatoms. The van der Waals surface area contributed by atoms with E-state index in [-0.39, 0.29) is 6.10 Å². The van der Waals surface area contributed by atoms with Crippen LogP contribution in [0.5, 0.6) is 0 Å². The third kappa shape index (κ3) is 5.30. The Kier molecular flexibility index (Phi) is 7.69. The quantitative estimate of drug-likeness (QED) is 0.722. The number of halogens is 1. The highest BCUT2D eigenvalue weighted by atomic mass is 79.9. The molecule has 0 bridgehead atoms. The van der Waals surface area contributed by atoms with Crippen LogP contribution in [0.1, 0.15) is 13.3 Å². The summed E-state index contributed by atoms with van der Waals surface area (Å²) in [5.41, 5.74) is 0. The van der Waals surface area contributed by atoms with Gasteiger partial charge in [-0.2, -0.15) is 0 Å². The molecule has 0 saturated heterocycles. The maximum absolute atomic E-state index is 5.29. The van der Waals surface area contributed by atoms with Gasteiger partial charge in [-0.3, -0.25) is 0 Å². The van der Waals surface area contributed by atoms with Crippen LogP contribution in [0.3, 0.4) is 0 Å². The molecule has 0 spiro atoms. The average Bonchev–Trinajstić information content (AvgIpc) is 2.43. The highest BCUT2D eigenvalue weighted by Crippen LogP contribution is 2.26. The summed E-state index contributed by atoms with van der Waals surface area (Å²) < 4.78 is 11.2. The van der Waals surface area contributed by atoms with E-state index < -0.39 is 0 Å². The molecule has 0 aromatic carbocycles. The highest BCUT2D eigenvalue weighted by molar-refractivity contribution is 9.10. The number of rotatable bonds is 9. The molecular formula is C12H21BrN4O2. The van der Waals surface area contributed by atoms with Crippen molar-refractivity contribution in [2.45, 2.75) is 19.4 Å². The fourth-order valence-electron chi connectivity index (χ4n) is 1.47. The zero-order valence-electron chi connectivity index (χ0n) is 11.6. The average molecular weight is 333 g/mol. The van der Waals surface area contributed by atoms with Crippen molar-refractivity contribution in [3.05, 3.63) is 10.8 Å². The Hall–Kier alpha value is -0.920. The van der Waals surface area contributed by atoms with Gasteiger partial charge in [0.25, 0.3) is 0 Å². The Labute approximate surface area is 122 Å². The van der Waals surface area contributed by atoms with E-state index >= 15 is 0 Å². The van der Waals surface area contributed by atoms with Gasteiger partial charge in [-0.25, -0.2) is 9.97 Å². The summed E-state index contributed by atoms with van der Waals surface area (Å²) >= 11 is 3.50. The molecule has 2 N–H and O–H groups in total. The van der Waals surface area contributed by atoms with Gasteiger partial charge in [-0.05, 0) is 22.4 Å². The van der Waals surface area contributed by atoms with E-state index in [0.29, 0.717) is 13.2 Å². The molecule has 1 unspecified atom stereocenters. The first-order valence-corrected chi connectivity index (χ1v) is 7.02. The number of aromatic nitrogens is 2. The van der Waals surface area contributed by atoms with Gasteiger partial charge in [0.05, 0.1) is 12.7 Å². The molecule has 1 atom stereocenters. The molecule has 0 fully saturated rings. The van der Waals surface area contributed by atoms with Crippen LogP contribution in [0.2, 0.25) is 0 Å². The van der Waals surface area contributed by atoms with E-state index in [9.17, 15) is 0 Å². The van der Waals surface area contributed by atoms with Crippen molar-refractivity contribution in [1.82, 2.24) is 9.97 Å². The molecular weight excluding hydrogens is 312 g/mol. The maximum atomic E-state index is 5.29. The lowest BCUT2D eigenvalue weighted by Crippen LogP contribution is -2.27.